The number of phenols is 1. The van der Waals surface area contributed by atoms with Gasteiger partial charge in [-0.3, -0.25) is 14.9 Å². The zero-order chi connectivity index (χ0) is 18.2. The molecule has 0 aromatic heterocycles. The van der Waals surface area contributed by atoms with Gasteiger partial charge in [0, 0.05) is 17.5 Å². The molecule has 0 bridgehead atoms. The Morgan fingerprint density at radius 2 is 2.28 bits per heavy atom. The van der Waals surface area contributed by atoms with E-state index >= 15 is 0 Å². The predicted molar refractivity (Wildman–Crippen MR) is 90.6 cm³/mol. The maximum absolute atomic E-state index is 12.3. The molecular formula is C17H21N3O5. The number of fused-ring (bicyclic) bond motifs is 1. The maximum atomic E-state index is 12.3. The first-order valence-corrected chi connectivity index (χ1v) is 8.27. The number of aromatic hydroxyl groups is 1. The average molecular weight is 347 g/mol. The second kappa shape index (κ2) is 6.34. The Morgan fingerprint density at radius 1 is 1.52 bits per heavy atom. The molecule has 1 amide bonds. The van der Waals surface area contributed by atoms with Gasteiger partial charge in [-0.2, -0.15) is 5.10 Å². The largest absolute Gasteiger partial charge is 0.500 e. The van der Waals surface area contributed by atoms with Gasteiger partial charge in [-0.15, -0.1) is 0 Å². The van der Waals surface area contributed by atoms with Crippen LogP contribution in [-0.4, -0.2) is 29.3 Å². The number of ether oxygens (including phenoxy) is 1. The minimum absolute atomic E-state index is 0.00385. The molecule has 3 rings (SSSR count). The molecule has 2 N–H and O–H groups in total. The molecule has 25 heavy (non-hydrogen) atoms. The number of amides is 1. The van der Waals surface area contributed by atoms with Crippen molar-refractivity contribution in [2.75, 3.05) is 7.11 Å². The van der Waals surface area contributed by atoms with Crippen LogP contribution in [0.15, 0.2) is 17.2 Å². The molecule has 0 spiro atoms. The summed E-state index contributed by atoms with van der Waals surface area (Å²) in [6.45, 7) is 2.15. The Morgan fingerprint density at radius 3 is 2.88 bits per heavy atom. The molecule has 3 atom stereocenters. The van der Waals surface area contributed by atoms with E-state index < -0.39 is 16.4 Å². The Kier molecular flexibility index (Phi) is 4.36. The van der Waals surface area contributed by atoms with Crippen LogP contribution in [-0.2, 0) is 4.79 Å². The number of carbonyl (C=O) groups is 1. The molecule has 8 heteroatoms. The van der Waals surface area contributed by atoms with Gasteiger partial charge in [0.05, 0.1) is 18.2 Å². The number of carbonyl (C=O) groups excluding carboxylic acids is 1. The highest BCUT2D eigenvalue weighted by Gasteiger charge is 2.64. The van der Waals surface area contributed by atoms with Crippen LogP contribution in [0.1, 0.15) is 38.2 Å². The third kappa shape index (κ3) is 3.04. The lowest BCUT2D eigenvalue weighted by molar-refractivity contribution is -0.386. The van der Waals surface area contributed by atoms with E-state index in [0.717, 1.165) is 19.3 Å². The highest BCUT2D eigenvalue weighted by atomic mass is 16.6. The molecule has 0 saturated heterocycles. The first-order chi connectivity index (χ1) is 11.9. The van der Waals surface area contributed by atoms with Gasteiger partial charge in [-0.25, -0.2) is 5.43 Å². The number of hydrogen-bond acceptors (Lipinski definition) is 6. The number of hydrogen-bond donors (Lipinski definition) is 2. The van der Waals surface area contributed by atoms with Gasteiger partial charge in [0.1, 0.15) is 0 Å². The average Bonchev–Trinajstić information content (AvgIpc) is 3.21. The molecular weight excluding hydrogens is 326 g/mol. The van der Waals surface area contributed by atoms with Crippen LogP contribution in [0.2, 0.25) is 0 Å². The smallest absolute Gasteiger partial charge is 0.315 e. The fourth-order valence-electron chi connectivity index (χ4n) is 4.07. The fourth-order valence-corrected chi connectivity index (χ4v) is 4.07. The van der Waals surface area contributed by atoms with Gasteiger partial charge in [0.15, 0.2) is 5.75 Å². The summed E-state index contributed by atoms with van der Waals surface area (Å²) in [5, 5.41) is 24.6. The van der Waals surface area contributed by atoms with Gasteiger partial charge >= 0.3 is 5.69 Å². The van der Waals surface area contributed by atoms with Crippen molar-refractivity contribution in [3.63, 3.8) is 0 Å². The number of nitro groups is 1. The number of benzene rings is 1. The molecule has 1 aromatic rings. The van der Waals surface area contributed by atoms with E-state index in [0.29, 0.717) is 11.5 Å². The summed E-state index contributed by atoms with van der Waals surface area (Å²) >= 11 is 0. The van der Waals surface area contributed by atoms with Gasteiger partial charge in [0.2, 0.25) is 11.7 Å². The quantitative estimate of drug-likeness (QED) is 0.483. The molecule has 2 aliphatic carbocycles. The van der Waals surface area contributed by atoms with Crippen molar-refractivity contribution in [2.24, 2.45) is 22.4 Å². The second-order valence-electron chi connectivity index (χ2n) is 6.92. The number of hydrazone groups is 1. The summed E-state index contributed by atoms with van der Waals surface area (Å²) in [4.78, 5) is 22.6. The van der Waals surface area contributed by atoms with Crippen LogP contribution in [0.5, 0.6) is 11.5 Å². The highest BCUT2D eigenvalue weighted by molar-refractivity contribution is 5.87. The van der Waals surface area contributed by atoms with Crippen LogP contribution in [0.4, 0.5) is 5.69 Å². The van der Waals surface area contributed by atoms with Gasteiger partial charge in [-0.05, 0) is 30.2 Å². The van der Waals surface area contributed by atoms with Crippen molar-refractivity contribution in [1.82, 2.24) is 5.43 Å². The number of rotatable bonds is 5. The molecule has 2 fully saturated rings. The minimum atomic E-state index is -0.705. The van der Waals surface area contributed by atoms with E-state index in [-0.39, 0.29) is 23.0 Å². The molecule has 0 heterocycles. The predicted octanol–water partition coefficient (Wildman–Crippen LogP) is 2.59. The zero-order valence-corrected chi connectivity index (χ0v) is 14.2. The molecule has 2 saturated carbocycles. The molecule has 0 radical (unpaired) electrons. The number of nitro benzene ring substituents is 1. The van der Waals surface area contributed by atoms with E-state index in [1.54, 1.807) is 0 Å². The number of methoxy groups -OCH3 is 1. The van der Waals surface area contributed by atoms with E-state index in [4.69, 9.17) is 4.74 Å². The van der Waals surface area contributed by atoms with Crippen LogP contribution in [0.25, 0.3) is 0 Å². The summed E-state index contributed by atoms with van der Waals surface area (Å²) in [7, 11) is 1.30. The summed E-state index contributed by atoms with van der Waals surface area (Å²) in [5.41, 5.74) is 2.50. The number of phenolic OH excluding ortho intramolecular Hbond substituents is 1. The van der Waals surface area contributed by atoms with Gasteiger partial charge in [-0.1, -0.05) is 19.8 Å². The lowest BCUT2D eigenvalue weighted by Crippen LogP contribution is -2.22. The molecule has 0 aliphatic heterocycles. The van der Waals surface area contributed by atoms with Crippen LogP contribution in [0.3, 0.4) is 0 Å². The van der Waals surface area contributed by atoms with Crippen molar-refractivity contribution in [3.8, 4) is 11.5 Å². The first-order valence-electron chi connectivity index (χ1n) is 8.27. The van der Waals surface area contributed by atoms with E-state index in [1.165, 1.54) is 31.9 Å². The lowest BCUT2D eigenvalue weighted by Gasteiger charge is -2.15. The van der Waals surface area contributed by atoms with E-state index in [9.17, 15) is 20.0 Å². The second-order valence-corrected chi connectivity index (χ2v) is 6.92. The lowest BCUT2D eigenvalue weighted by atomic mass is 9.90. The Bertz CT molecular complexity index is 748. The van der Waals surface area contributed by atoms with Crippen LogP contribution in [0, 0.1) is 27.4 Å². The SMILES string of the molecule is COc1cc(/C=N\NC(=O)[C@@H]2[C@@H]3CCCC[C@]23C)cc([N+](=O)[O-])c1O. The molecule has 0 unspecified atom stereocenters. The molecule has 8 nitrogen and oxygen atoms in total. The van der Waals surface area contributed by atoms with Crippen molar-refractivity contribution in [1.29, 1.82) is 0 Å². The van der Waals surface area contributed by atoms with E-state index in [2.05, 4.69) is 17.5 Å². The highest BCUT2D eigenvalue weighted by Crippen LogP contribution is 2.66. The third-order valence-corrected chi connectivity index (χ3v) is 5.50. The molecule has 134 valence electrons. The Labute approximate surface area is 145 Å². The zero-order valence-electron chi connectivity index (χ0n) is 14.2. The first kappa shape index (κ1) is 17.2. The summed E-state index contributed by atoms with van der Waals surface area (Å²) < 4.78 is 4.93. The standard InChI is InChI=1S/C17H21N3O5/c1-17-6-4-3-5-11(17)14(17)16(22)19-18-9-10-7-12(20(23)24)15(21)13(8-10)25-2/h7-9,11,14,21H,3-6H2,1-2H3,(H,19,22)/b18-9-/t11-,14-,17-/m0/s1. The minimum Gasteiger partial charge on any atom is -0.500 e. The van der Waals surface area contributed by atoms with Crippen molar-refractivity contribution < 1.29 is 19.6 Å². The van der Waals surface area contributed by atoms with E-state index in [1.807, 2.05) is 0 Å². The maximum Gasteiger partial charge on any atom is 0.315 e. The van der Waals surface area contributed by atoms with Crippen molar-refractivity contribution >= 4 is 17.8 Å². The fraction of sp³-hybridized carbons (Fsp3) is 0.529. The molecule has 1 aromatic carbocycles. The summed E-state index contributed by atoms with van der Waals surface area (Å²) in [6.07, 6.45) is 5.79. The van der Waals surface area contributed by atoms with Crippen LogP contribution >= 0.6 is 0 Å². The van der Waals surface area contributed by atoms with Gasteiger partial charge < -0.3 is 9.84 Å². The van der Waals surface area contributed by atoms with Crippen molar-refractivity contribution in [2.45, 2.75) is 32.6 Å². The summed E-state index contributed by atoms with van der Waals surface area (Å²) in [6, 6.07) is 2.59. The topological polar surface area (TPSA) is 114 Å². The Hall–Kier alpha value is -2.64. The monoisotopic (exact) mass is 347 g/mol. The van der Waals surface area contributed by atoms with Gasteiger partial charge in [0.25, 0.3) is 0 Å². The number of nitrogens with one attached hydrogen (secondary N) is 1. The molecule has 2 aliphatic rings. The normalized spacial score (nSPS) is 27.6. The van der Waals surface area contributed by atoms with Crippen molar-refractivity contribution in [3.05, 3.63) is 27.8 Å². The summed E-state index contributed by atoms with van der Waals surface area (Å²) in [5.74, 6) is -0.237. The van der Waals surface area contributed by atoms with Crippen LogP contribution < -0.4 is 10.2 Å². The number of nitrogens with zero attached hydrogens (tertiary/aromatic N) is 2. The third-order valence-electron chi connectivity index (χ3n) is 5.50. The Balaban J connectivity index is 1.69.